The SMILES string of the molecule is OCCC1=C(c2cc(F)cc3ccsc23)N2CCN=C2S1. The maximum absolute atomic E-state index is 14.0. The molecule has 0 radical (unpaired) electrons. The number of thioether (sulfide) groups is 1. The van der Waals surface area contributed by atoms with Gasteiger partial charge in [0.25, 0.3) is 0 Å². The van der Waals surface area contributed by atoms with Crippen molar-refractivity contribution in [1.29, 1.82) is 0 Å². The predicted molar refractivity (Wildman–Crippen MR) is 87.0 cm³/mol. The molecule has 0 aliphatic carbocycles. The Morgan fingerprint density at radius 2 is 2.29 bits per heavy atom. The number of halogens is 1. The molecule has 3 heterocycles. The number of hydrogen-bond donors (Lipinski definition) is 1. The highest BCUT2D eigenvalue weighted by molar-refractivity contribution is 8.17. The van der Waals surface area contributed by atoms with Crippen molar-refractivity contribution in [3.8, 4) is 0 Å². The molecule has 1 aromatic heterocycles. The van der Waals surface area contributed by atoms with Gasteiger partial charge in [0.1, 0.15) is 5.82 Å². The number of rotatable bonds is 3. The Morgan fingerprint density at radius 3 is 3.14 bits per heavy atom. The van der Waals surface area contributed by atoms with E-state index in [9.17, 15) is 9.50 Å². The van der Waals surface area contributed by atoms with Crippen LogP contribution in [0.25, 0.3) is 15.8 Å². The van der Waals surface area contributed by atoms with Crippen molar-refractivity contribution in [2.75, 3.05) is 19.7 Å². The first-order valence-electron chi connectivity index (χ1n) is 6.79. The summed E-state index contributed by atoms with van der Waals surface area (Å²) < 4.78 is 15.1. The van der Waals surface area contributed by atoms with Gasteiger partial charge in [-0.25, -0.2) is 4.39 Å². The summed E-state index contributed by atoms with van der Waals surface area (Å²) >= 11 is 3.23. The molecule has 6 heteroatoms. The summed E-state index contributed by atoms with van der Waals surface area (Å²) in [5.74, 6) is -0.221. The highest BCUT2D eigenvalue weighted by atomic mass is 32.2. The summed E-state index contributed by atoms with van der Waals surface area (Å²) in [7, 11) is 0. The van der Waals surface area contributed by atoms with Crippen molar-refractivity contribution in [1.82, 2.24) is 4.90 Å². The van der Waals surface area contributed by atoms with Crippen LogP contribution >= 0.6 is 23.1 Å². The first kappa shape index (κ1) is 13.3. The van der Waals surface area contributed by atoms with Gasteiger partial charge in [-0.05, 0) is 29.0 Å². The van der Waals surface area contributed by atoms with E-state index in [0.29, 0.717) is 6.42 Å². The van der Waals surface area contributed by atoms with Crippen LogP contribution in [0.15, 0.2) is 33.5 Å². The molecule has 0 fully saturated rings. The van der Waals surface area contributed by atoms with Gasteiger partial charge in [-0.3, -0.25) is 4.99 Å². The monoisotopic (exact) mass is 320 g/mol. The van der Waals surface area contributed by atoms with Crippen LogP contribution in [0.3, 0.4) is 0 Å². The van der Waals surface area contributed by atoms with Crippen molar-refractivity contribution >= 4 is 44.0 Å². The fourth-order valence-corrected chi connectivity index (χ4v) is 4.89. The lowest BCUT2D eigenvalue weighted by atomic mass is 10.1. The van der Waals surface area contributed by atoms with Gasteiger partial charge in [-0.2, -0.15) is 0 Å². The third kappa shape index (κ3) is 2.09. The average Bonchev–Trinajstić information content (AvgIpc) is 3.12. The molecule has 4 rings (SSSR count). The summed E-state index contributed by atoms with van der Waals surface area (Å²) in [6.07, 6.45) is 0.582. The minimum atomic E-state index is -0.221. The lowest BCUT2D eigenvalue weighted by Gasteiger charge is -2.18. The quantitative estimate of drug-likeness (QED) is 0.940. The molecule has 2 aliphatic heterocycles. The Hall–Kier alpha value is -1.37. The highest BCUT2D eigenvalue weighted by Crippen LogP contribution is 2.45. The Balaban J connectivity index is 1.94. The van der Waals surface area contributed by atoms with Crippen molar-refractivity contribution in [3.05, 3.63) is 39.9 Å². The van der Waals surface area contributed by atoms with Gasteiger partial charge in [0.05, 0.1) is 12.2 Å². The number of thiophene rings is 1. The number of amidine groups is 1. The number of aliphatic hydroxyl groups is 1. The Morgan fingerprint density at radius 1 is 1.38 bits per heavy atom. The zero-order valence-electron chi connectivity index (χ0n) is 11.2. The Bertz CT molecular complexity index is 781. The second-order valence-electron chi connectivity index (χ2n) is 4.96. The van der Waals surface area contributed by atoms with Gasteiger partial charge < -0.3 is 10.0 Å². The molecule has 0 saturated heterocycles. The molecule has 3 nitrogen and oxygen atoms in total. The molecule has 0 atom stereocenters. The normalized spacial score (nSPS) is 17.8. The van der Waals surface area contributed by atoms with Crippen molar-refractivity contribution < 1.29 is 9.50 Å². The molecule has 0 amide bonds. The van der Waals surface area contributed by atoms with Crippen molar-refractivity contribution in [3.63, 3.8) is 0 Å². The van der Waals surface area contributed by atoms with Crippen LogP contribution in [0.5, 0.6) is 0 Å². The first-order chi connectivity index (χ1) is 10.3. The van der Waals surface area contributed by atoms with Crippen LogP contribution in [-0.4, -0.2) is 34.9 Å². The standard InChI is InChI=1S/C15H13FN2OS2/c16-10-7-9-2-6-20-14(9)11(8-10)13-12(1-5-19)21-15-17-3-4-18(13)15/h2,6-8,19H,1,3-5H2. The van der Waals surface area contributed by atoms with Gasteiger partial charge in [-0.1, -0.05) is 11.8 Å². The molecule has 108 valence electrons. The summed E-state index contributed by atoms with van der Waals surface area (Å²) in [6.45, 7) is 1.70. The van der Waals surface area contributed by atoms with E-state index in [4.69, 9.17) is 0 Å². The Kier molecular flexibility index (Phi) is 3.24. The van der Waals surface area contributed by atoms with Gasteiger partial charge in [0.15, 0.2) is 5.17 Å². The van der Waals surface area contributed by atoms with E-state index in [1.165, 1.54) is 0 Å². The van der Waals surface area contributed by atoms with E-state index in [0.717, 1.165) is 44.5 Å². The fraction of sp³-hybridized carbons (Fsp3) is 0.267. The van der Waals surface area contributed by atoms with E-state index in [2.05, 4.69) is 9.89 Å². The molecule has 0 bridgehead atoms. The largest absolute Gasteiger partial charge is 0.396 e. The number of benzene rings is 1. The summed E-state index contributed by atoms with van der Waals surface area (Å²) in [6, 6.07) is 5.12. The lowest BCUT2D eigenvalue weighted by Crippen LogP contribution is -2.20. The highest BCUT2D eigenvalue weighted by Gasteiger charge is 2.33. The zero-order valence-corrected chi connectivity index (χ0v) is 12.8. The molecule has 0 saturated carbocycles. The van der Waals surface area contributed by atoms with Gasteiger partial charge in [0.2, 0.25) is 0 Å². The molecule has 2 aromatic rings. The van der Waals surface area contributed by atoms with Crippen LogP contribution in [0, 0.1) is 5.82 Å². The predicted octanol–water partition coefficient (Wildman–Crippen LogP) is 3.51. The number of aliphatic hydroxyl groups excluding tert-OH is 1. The smallest absolute Gasteiger partial charge is 0.168 e. The molecular formula is C15H13FN2OS2. The lowest BCUT2D eigenvalue weighted by molar-refractivity contribution is 0.301. The zero-order chi connectivity index (χ0) is 14.4. The first-order valence-corrected chi connectivity index (χ1v) is 8.48. The minimum Gasteiger partial charge on any atom is -0.396 e. The molecule has 0 spiro atoms. The number of nitrogens with zero attached hydrogens (tertiary/aromatic N) is 2. The minimum absolute atomic E-state index is 0.0931. The average molecular weight is 320 g/mol. The molecule has 21 heavy (non-hydrogen) atoms. The van der Waals surface area contributed by atoms with E-state index >= 15 is 0 Å². The van der Waals surface area contributed by atoms with Crippen LogP contribution in [0.2, 0.25) is 0 Å². The Labute approximate surface area is 129 Å². The number of fused-ring (bicyclic) bond motifs is 2. The van der Waals surface area contributed by atoms with E-state index < -0.39 is 0 Å². The molecule has 0 unspecified atom stereocenters. The van der Waals surface area contributed by atoms with Gasteiger partial charge in [-0.15, -0.1) is 11.3 Å². The van der Waals surface area contributed by atoms with E-state index in [-0.39, 0.29) is 12.4 Å². The van der Waals surface area contributed by atoms with Crippen molar-refractivity contribution in [2.45, 2.75) is 6.42 Å². The number of aliphatic imine (C=N–C) groups is 1. The summed E-state index contributed by atoms with van der Waals surface area (Å²) in [5, 5.41) is 13.2. The summed E-state index contributed by atoms with van der Waals surface area (Å²) in [4.78, 5) is 7.72. The molecule has 1 aromatic carbocycles. The van der Waals surface area contributed by atoms with Crippen molar-refractivity contribution in [2.24, 2.45) is 4.99 Å². The summed E-state index contributed by atoms with van der Waals surface area (Å²) in [5.41, 5.74) is 1.94. The molecule has 1 N–H and O–H groups in total. The second kappa shape index (κ2) is 5.12. The maximum Gasteiger partial charge on any atom is 0.168 e. The van der Waals surface area contributed by atoms with Gasteiger partial charge in [0, 0.05) is 34.7 Å². The third-order valence-electron chi connectivity index (χ3n) is 3.66. The molecular weight excluding hydrogens is 307 g/mol. The van der Waals surface area contributed by atoms with Crippen LogP contribution in [-0.2, 0) is 0 Å². The van der Waals surface area contributed by atoms with Crippen LogP contribution in [0.1, 0.15) is 12.0 Å². The maximum atomic E-state index is 14.0. The second-order valence-corrected chi connectivity index (χ2v) is 6.93. The van der Waals surface area contributed by atoms with E-state index in [1.54, 1.807) is 35.2 Å². The third-order valence-corrected chi connectivity index (χ3v) is 5.80. The number of hydrogen-bond acceptors (Lipinski definition) is 5. The van der Waals surface area contributed by atoms with Crippen LogP contribution in [0.4, 0.5) is 4.39 Å². The fourth-order valence-electron chi connectivity index (χ4n) is 2.82. The molecule has 2 aliphatic rings. The van der Waals surface area contributed by atoms with E-state index in [1.807, 2.05) is 11.4 Å². The topological polar surface area (TPSA) is 35.8 Å². The van der Waals surface area contributed by atoms with Gasteiger partial charge >= 0.3 is 0 Å². The van der Waals surface area contributed by atoms with Crippen LogP contribution < -0.4 is 0 Å².